The van der Waals surface area contributed by atoms with Crippen LogP contribution in [0, 0.1) is 0 Å². The minimum Gasteiger partial charge on any atom is -0.367 e. The Morgan fingerprint density at radius 1 is 1.06 bits per heavy atom. The van der Waals surface area contributed by atoms with Gasteiger partial charge in [-0.15, -0.1) is 29.9 Å². The summed E-state index contributed by atoms with van der Waals surface area (Å²) < 4.78 is 0. The van der Waals surface area contributed by atoms with Gasteiger partial charge in [-0.25, -0.2) is 0 Å². The van der Waals surface area contributed by atoms with Crippen LogP contribution < -0.4 is 11.1 Å². The van der Waals surface area contributed by atoms with E-state index in [1.165, 1.54) is 0 Å². The molecule has 0 aliphatic heterocycles. The van der Waals surface area contributed by atoms with Gasteiger partial charge in [-0.1, -0.05) is 30.3 Å². The lowest BCUT2D eigenvalue weighted by Gasteiger charge is -2.05. The van der Waals surface area contributed by atoms with Crippen molar-refractivity contribution in [2.45, 2.75) is 0 Å². The third-order valence-electron chi connectivity index (χ3n) is 2.21. The van der Waals surface area contributed by atoms with Gasteiger partial charge in [0.25, 0.3) is 0 Å². The molecule has 0 aliphatic rings. The number of anilines is 1. The van der Waals surface area contributed by atoms with Crippen molar-refractivity contribution in [1.29, 1.82) is 0 Å². The third kappa shape index (κ3) is 4.49. The van der Waals surface area contributed by atoms with Crippen molar-refractivity contribution in [3.05, 3.63) is 42.6 Å². The Hall–Kier alpha value is -1.36. The van der Waals surface area contributed by atoms with E-state index in [4.69, 9.17) is 5.73 Å². The van der Waals surface area contributed by atoms with Crippen molar-refractivity contribution in [3.8, 4) is 11.1 Å². The molecule has 0 saturated carbocycles. The molecule has 0 amide bonds. The van der Waals surface area contributed by atoms with Crippen LogP contribution in [-0.2, 0) is 0 Å². The van der Waals surface area contributed by atoms with Crippen LogP contribution in [0.4, 0.5) is 5.82 Å². The molecule has 18 heavy (non-hydrogen) atoms. The zero-order valence-electron chi connectivity index (χ0n) is 9.74. The van der Waals surface area contributed by atoms with Crippen LogP contribution in [0.25, 0.3) is 11.1 Å². The summed E-state index contributed by atoms with van der Waals surface area (Å²) in [7, 11) is 0. The number of benzene rings is 1. The van der Waals surface area contributed by atoms with Crippen LogP contribution in [0.1, 0.15) is 0 Å². The first kappa shape index (κ1) is 16.6. The van der Waals surface area contributed by atoms with Crippen LogP contribution in [0.2, 0.25) is 0 Å². The van der Waals surface area contributed by atoms with Crippen molar-refractivity contribution >= 4 is 30.6 Å². The zero-order chi connectivity index (χ0) is 11.2. The highest BCUT2D eigenvalue weighted by molar-refractivity contribution is 5.85. The summed E-state index contributed by atoms with van der Waals surface area (Å²) in [6.07, 6.45) is 1.75. The molecule has 4 nitrogen and oxygen atoms in total. The monoisotopic (exact) mass is 286 g/mol. The summed E-state index contributed by atoms with van der Waals surface area (Å²) in [4.78, 5) is 0. The van der Waals surface area contributed by atoms with Gasteiger partial charge in [0.2, 0.25) is 0 Å². The molecular weight excluding hydrogens is 271 g/mol. The molecule has 6 heteroatoms. The molecule has 1 aromatic carbocycles. The second kappa shape index (κ2) is 8.69. The molecule has 0 fully saturated rings. The Morgan fingerprint density at radius 2 is 1.78 bits per heavy atom. The molecule has 1 aromatic heterocycles. The van der Waals surface area contributed by atoms with Crippen molar-refractivity contribution in [2.24, 2.45) is 5.73 Å². The number of nitrogens with one attached hydrogen (secondary N) is 1. The average Bonchev–Trinajstić information content (AvgIpc) is 2.38. The molecule has 1 heterocycles. The standard InChI is InChI=1S/C12H14N4.2ClH/c13-6-7-14-12-8-11(9-15-16-12)10-4-2-1-3-5-10;;/h1-5,8-9H,6-7,13H2,(H,14,16);2*1H. The number of hydrogen-bond donors (Lipinski definition) is 2. The van der Waals surface area contributed by atoms with Gasteiger partial charge in [0, 0.05) is 18.7 Å². The Morgan fingerprint density at radius 3 is 2.44 bits per heavy atom. The highest BCUT2D eigenvalue weighted by Gasteiger charge is 1.99. The van der Waals surface area contributed by atoms with E-state index in [-0.39, 0.29) is 24.8 Å². The third-order valence-corrected chi connectivity index (χ3v) is 2.21. The minimum atomic E-state index is 0. The molecule has 0 saturated heterocycles. The molecule has 2 aromatic rings. The fraction of sp³-hybridized carbons (Fsp3) is 0.167. The van der Waals surface area contributed by atoms with E-state index in [9.17, 15) is 0 Å². The largest absolute Gasteiger partial charge is 0.367 e. The summed E-state index contributed by atoms with van der Waals surface area (Å²) in [6.45, 7) is 1.28. The van der Waals surface area contributed by atoms with Crippen molar-refractivity contribution in [3.63, 3.8) is 0 Å². The van der Waals surface area contributed by atoms with Crippen molar-refractivity contribution in [1.82, 2.24) is 10.2 Å². The molecule has 0 aliphatic carbocycles. The summed E-state index contributed by atoms with van der Waals surface area (Å²) in [5.41, 5.74) is 7.60. The first-order valence-corrected chi connectivity index (χ1v) is 5.22. The van der Waals surface area contributed by atoms with Crippen LogP contribution >= 0.6 is 24.8 Å². The van der Waals surface area contributed by atoms with E-state index in [2.05, 4.69) is 15.5 Å². The molecule has 0 radical (unpaired) electrons. The maximum Gasteiger partial charge on any atom is 0.149 e. The maximum atomic E-state index is 5.41. The SMILES string of the molecule is Cl.Cl.NCCNc1cc(-c2ccccc2)cnn1. The fourth-order valence-electron chi connectivity index (χ4n) is 1.44. The van der Waals surface area contributed by atoms with Crippen molar-refractivity contribution in [2.75, 3.05) is 18.4 Å². The Bertz CT molecular complexity index is 451. The first-order chi connectivity index (χ1) is 7.90. The number of aromatic nitrogens is 2. The van der Waals surface area contributed by atoms with E-state index in [0.717, 1.165) is 16.9 Å². The highest BCUT2D eigenvalue weighted by Crippen LogP contribution is 2.19. The molecular formula is C12H16Cl2N4. The van der Waals surface area contributed by atoms with Gasteiger partial charge in [0.05, 0.1) is 6.20 Å². The smallest absolute Gasteiger partial charge is 0.149 e. The van der Waals surface area contributed by atoms with Gasteiger partial charge in [-0.05, 0) is 11.6 Å². The van der Waals surface area contributed by atoms with E-state index in [1.807, 2.05) is 36.4 Å². The Labute approximate surface area is 119 Å². The number of nitrogens with zero attached hydrogens (tertiary/aromatic N) is 2. The van der Waals surface area contributed by atoms with Crippen molar-refractivity contribution < 1.29 is 0 Å². The van der Waals surface area contributed by atoms with E-state index >= 15 is 0 Å². The molecule has 0 bridgehead atoms. The maximum absolute atomic E-state index is 5.41. The molecule has 3 N–H and O–H groups in total. The molecule has 0 unspecified atom stereocenters. The van der Waals surface area contributed by atoms with Crippen LogP contribution in [-0.4, -0.2) is 23.3 Å². The number of hydrogen-bond acceptors (Lipinski definition) is 4. The molecule has 98 valence electrons. The topological polar surface area (TPSA) is 63.8 Å². The lowest BCUT2D eigenvalue weighted by molar-refractivity contribution is 0.972. The van der Waals surface area contributed by atoms with Crippen LogP contribution in [0.5, 0.6) is 0 Å². The molecule has 2 rings (SSSR count). The summed E-state index contributed by atoms with van der Waals surface area (Å²) >= 11 is 0. The van der Waals surface area contributed by atoms with Gasteiger partial charge < -0.3 is 11.1 Å². The van der Waals surface area contributed by atoms with E-state index < -0.39 is 0 Å². The molecule has 0 spiro atoms. The second-order valence-electron chi connectivity index (χ2n) is 3.41. The van der Waals surface area contributed by atoms with Gasteiger partial charge in [0.15, 0.2) is 0 Å². The highest BCUT2D eigenvalue weighted by atomic mass is 35.5. The van der Waals surface area contributed by atoms with Gasteiger partial charge in [0.1, 0.15) is 5.82 Å². The number of rotatable bonds is 4. The van der Waals surface area contributed by atoms with Gasteiger partial charge >= 0.3 is 0 Å². The normalized spacial score (nSPS) is 8.94. The van der Waals surface area contributed by atoms with Gasteiger partial charge in [-0.2, -0.15) is 5.10 Å². The lowest BCUT2D eigenvalue weighted by Crippen LogP contribution is -2.14. The summed E-state index contributed by atoms with van der Waals surface area (Å²) in [6, 6.07) is 12.1. The summed E-state index contributed by atoms with van der Waals surface area (Å²) in [5.74, 6) is 0.756. The Kier molecular flexibility index (Phi) is 8.03. The predicted molar refractivity (Wildman–Crippen MR) is 79.5 cm³/mol. The molecule has 0 atom stereocenters. The van der Waals surface area contributed by atoms with E-state index in [0.29, 0.717) is 13.1 Å². The predicted octanol–water partition coefficient (Wildman–Crippen LogP) is 2.36. The fourth-order valence-corrected chi connectivity index (χ4v) is 1.44. The minimum absolute atomic E-state index is 0. The summed E-state index contributed by atoms with van der Waals surface area (Å²) in [5, 5.41) is 11.1. The second-order valence-corrected chi connectivity index (χ2v) is 3.41. The van der Waals surface area contributed by atoms with E-state index in [1.54, 1.807) is 6.20 Å². The lowest BCUT2D eigenvalue weighted by atomic mass is 10.1. The first-order valence-electron chi connectivity index (χ1n) is 5.22. The van der Waals surface area contributed by atoms with Crippen LogP contribution in [0.3, 0.4) is 0 Å². The number of nitrogens with two attached hydrogens (primary N) is 1. The zero-order valence-corrected chi connectivity index (χ0v) is 11.4. The quantitative estimate of drug-likeness (QED) is 0.906. The van der Waals surface area contributed by atoms with Gasteiger partial charge in [-0.3, -0.25) is 0 Å². The average molecular weight is 287 g/mol. The Balaban J connectivity index is 0.00000144. The van der Waals surface area contributed by atoms with Crippen LogP contribution in [0.15, 0.2) is 42.6 Å². The number of halogens is 2.